The zero-order chi connectivity index (χ0) is 14.2. The van der Waals surface area contributed by atoms with Crippen molar-refractivity contribution in [3.8, 4) is 11.5 Å². The molecule has 0 aromatic heterocycles. The zero-order valence-corrected chi connectivity index (χ0v) is 12.1. The van der Waals surface area contributed by atoms with Crippen molar-refractivity contribution in [1.29, 1.82) is 0 Å². The maximum Gasteiger partial charge on any atom is 0.123 e. The monoisotopic (exact) mass is 271 g/mol. The van der Waals surface area contributed by atoms with Crippen molar-refractivity contribution in [3.63, 3.8) is 0 Å². The van der Waals surface area contributed by atoms with Gasteiger partial charge in [-0.05, 0) is 43.3 Å². The summed E-state index contributed by atoms with van der Waals surface area (Å²) in [6, 6.07) is 16.1. The van der Waals surface area contributed by atoms with E-state index < -0.39 is 0 Å². The number of rotatable bonds is 7. The van der Waals surface area contributed by atoms with Crippen LogP contribution in [0.4, 0.5) is 0 Å². The number of ether oxygens (including phenoxy) is 2. The van der Waals surface area contributed by atoms with Gasteiger partial charge in [0, 0.05) is 6.07 Å². The third-order valence-corrected chi connectivity index (χ3v) is 3.20. The largest absolute Gasteiger partial charge is 0.497 e. The Morgan fingerprint density at radius 1 is 0.950 bits per heavy atom. The molecule has 3 heteroatoms. The highest BCUT2D eigenvalue weighted by Crippen LogP contribution is 2.20. The Bertz CT molecular complexity index is 540. The van der Waals surface area contributed by atoms with Crippen molar-refractivity contribution in [1.82, 2.24) is 5.32 Å². The lowest BCUT2D eigenvalue weighted by Gasteiger charge is -2.11. The molecule has 0 aliphatic carbocycles. The number of likely N-dealkylation sites (N-methyl/N-ethyl adjacent to an activating group) is 1. The standard InChI is InChI=1S/C17H21NO2/c1-18-11-10-14-6-3-4-7-15(14)13-20-17-9-5-8-16(12-17)19-2/h3-9,12,18H,10-11,13H2,1-2H3. The predicted octanol–water partition coefficient (Wildman–Crippen LogP) is 3.04. The van der Waals surface area contributed by atoms with Gasteiger partial charge in [-0.3, -0.25) is 0 Å². The molecular weight excluding hydrogens is 250 g/mol. The van der Waals surface area contributed by atoms with Gasteiger partial charge in [0.1, 0.15) is 18.1 Å². The molecule has 0 saturated heterocycles. The fourth-order valence-electron chi connectivity index (χ4n) is 2.05. The Morgan fingerprint density at radius 3 is 2.45 bits per heavy atom. The van der Waals surface area contributed by atoms with Crippen molar-refractivity contribution in [2.45, 2.75) is 13.0 Å². The van der Waals surface area contributed by atoms with Crippen LogP contribution in [0.1, 0.15) is 11.1 Å². The maximum atomic E-state index is 5.85. The van der Waals surface area contributed by atoms with E-state index in [9.17, 15) is 0 Å². The summed E-state index contributed by atoms with van der Waals surface area (Å²) in [4.78, 5) is 0. The summed E-state index contributed by atoms with van der Waals surface area (Å²) >= 11 is 0. The molecule has 0 heterocycles. The normalized spacial score (nSPS) is 10.3. The van der Waals surface area contributed by atoms with E-state index >= 15 is 0 Å². The first-order valence-electron chi connectivity index (χ1n) is 6.81. The average Bonchev–Trinajstić information content (AvgIpc) is 2.52. The molecule has 20 heavy (non-hydrogen) atoms. The van der Waals surface area contributed by atoms with Gasteiger partial charge in [-0.2, -0.15) is 0 Å². The first kappa shape index (κ1) is 14.4. The molecule has 2 rings (SSSR count). The maximum absolute atomic E-state index is 5.85. The van der Waals surface area contributed by atoms with Crippen LogP contribution < -0.4 is 14.8 Å². The summed E-state index contributed by atoms with van der Waals surface area (Å²) in [5.41, 5.74) is 2.55. The molecule has 0 unspecified atom stereocenters. The van der Waals surface area contributed by atoms with Gasteiger partial charge in [0.05, 0.1) is 7.11 Å². The van der Waals surface area contributed by atoms with Crippen LogP contribution in [0.3, 0.4) is 0 Å². The third kappa shape index (κ3) is 4.00. The van der Waals surface area contributed by atoms with Crippen LogP contribution in [-0.2, 0) is 13.0 Å². The van der Waals surface area contributed by atoms with Gasteiger partial charge in [-0.25, -0.2) is 0 Å². The first-order chi connectivity index (χ1) is 9.83. The lowest BCUT2D eigenvalue weighted by atomic mass is 10.1. The molecule has 0 aliphatic rings. The smallest absolute Gasteiger partial charge is 0.123 e. The number of nitrogens with one attached hydrogen (secondary N) is 1. The van der Waals surface area contributed by atoms with E-state index in [1.54, 1.807) is 7.11 Å². The van der Waals surface area contributed by atoms with Crippen molar-refractivity contribution in [3.05, 3.63) is 59.7 Å². The summed E-state index contributed by atoms with van der Waals surface area (Å²) in [6.07, 6.45) is 1.01. The van der Waals surface area contributed by atoms with E-state index in [1.807, 2.05) is 37.4 Å². The molecule has 2 aromatic carbocycles. The minimum absolute atomic E-state index is 0.576. The van der Waals surface area contributed by atoms with E-state index in [0.29, 0.717) is 6.61 Å². The lowest BCUT2D eigenvalue weighted by molar-refractivity contribution is 0.302. The second kappa shape index (κ2) is 7.56. The minimum atomic E-state index is 0.576. The molecule has 0 radical (unpaired) electrons. The van der Waals surface area contributed by atoms with Crippen molar-refractivity contribution in [2.24, 2.45) is 0 Å². The molecule has 0 spiro atoms. The Kier molecular flexibility index (Phi) is 5.44. The average molecular weight is 271 g/mol. The fourth-order valence-corrected chi connectivity index (χ4v) is 2.05. The second-order valence-electron chi connectivity index (χ2n) is 4.59. The van der Waals surface area contributed by atoms with Crippen LogP contribution in [0.5, 0.6) is 11.5 Å². The number of hydrogen-bond acceptors (Lipinski definition) is 3. The Morgan fingerprint density at radius 2 is 1.70 bits per heavy atom. The van der Waals surface area contributed by atoms with Crippen LogP contribution in [0.2, 0.25) is 0 Å². The topological polar surface area (TPSA) is 30.5 Å². The third-order valence-electron chi connectivity index (χ3n) is 3.20. The van der Waals surface area contributed by atoms with E-state index in [2.05, 4.69) is 23.5 Å². The zero-order valence-electron chi connectivity index (χ0n) is 12.1. The summed E-state index contributed by atoms with van der Waals surface area (Å²) in [6.45, 7) is 1.54. The molecule has 0 amide bonds. The van der Waals surface area contributed by atoms with Gasteiger partial charge in [0.2, 0.25) is 0 Å². The van der Waals surface area contributed by atoms with Crippen LogP contribution in [-0.4, -0.2) is 20.7 Å². The van der Waals surface area contributed by atoms with Crippen LogP contribution in [0, 0.1) is 0 Å². The SMILES string of the molecule is CNCCc1ccccc1COc1cccc(OC)c1. The van der Waals surface area contributed by atoms with E-state index in [4.69, 9.17) is 9.47 Å². The summed E-state index contributed by atoms with van der Waals surface area (Å²) in [5.74, 6) is 1.64. The van der Waals surface area contributed by atoms with Crippen molar-refractivity contribution in [2.75, 3.05) is 20.7 Å². The molecule has 2 aromatic rings. The molecule has 0 atom stereocenters. The van der Waals surface area contributed by atoms with Crippen molar-refractivity contribution < 1.29 is 9.47 Å². The Hall–Kier alpha value is -2.00. The highest BCUT2D eigenvalue weighted by atomic mass is 16.5. The molecule has 1 N–H and O–H groups in total. The molecule has 3 nitrogen and oxygen atoms in total. The number of methoxy groups -OCH3 is 1. The van der Waals surface area contributed by atoms with Crippen molar-refractivity contribution >= 4 is 0 Å². The van der Waals surface area contributed by atoms with Gasteiger partial charge in [-0.1, -0.05) is 30.3 Å². The quantitative estimate of drug-likeness (QED) is 0.839. The van der Waals surface area contributed by atoms with Crippen LogP contribution in [0.15, 0.2) is 48.5 Å². The number of benzene rings is 2. The lowest BCUT2D eigenvalue weighted by Crippen LogP contribution is -2.12. The molecule has 106 valence electrons. The summed E-state index contributed by atoms with van der Waals surface area (Å²) in [5, 5.41) is 3.17. The molecule has 0 bridgehead atoms. The molecular formula is C17H21NO2. The highest BCUT2D eigenvalue weighted by Gasteiger charge is 2.03. The highest BCUT2D eigenvalue weighted by molar-refractivity contribution is 5.33. The van der Waals surface area contributed by atoms with Gasteiger partial charge >= 0.3 is 0 Å². The minimum Gasteiger partial charge on any atom is -0.497 e. The van der Waals surface area contributed by atoms with Crippen LogP contribution in [0.25, 0.3) is 0 Å². The van der Waals surface area contributed by atoms with Gasteiger partial charge < -0.3 is 14.8 Å². The molecule has 0 fully saturated rings. The van der Waals surface area contributed by atoms with E-state index in [0.717, 1.165) is 24.5 Å². The molecule has 0 aliphatic heterocycles. The molecule has 0 saturated carbocycles. The van der Waals surface area contributed by atoms with Crippen LogP contribution >= 0.6 is 0 Å². The van der Waals surface area contributed by atoms with Gasteiger partial charge in [0.25, 0.3) is 0 Å². The first-order valence-corrected chi connectivity index (χ1v) is 6.81. The second-order valence-corrected chi connectivity index (χ2v) is 4.59. The van der Waals surface area contributed by atoms with E-state index in [-0.39, 0.29) is 0 Å². The van der Waals surface area contributed by atoms with E-state index in [1.165, 1.54) is 11.1 Å². The summed E-state index contributed by atoms with van der Waals surface area (Å²) < 4.78 is 11.1. The summed E-state index contributed by atoms with van der Waals surface area (Å²) in [7, 11) is 3.63. The fraction of sp³-hybridized carbons (Fsp3) is 0.294. The van der Waals surface area contributed by atoms with Gasteiger partial charge in [-0.15, -0.1) is 0 Å². The Labute approximate surface area is 120 Å². The number of hydrogen-bond donors (Lipinski definition) is 1. The predicted molar refractivity (Wildman–Crippen MR) is 81.4 cm³/mol. The van der Waals surface area contributed by atoms with Gasteiger partial charge in [0.15, 0.2) is 0 Å². The Balaban J connectivity index is 2.02.